The van der Waals surface area contributed by atoms with E-state index in [4.69, 9.17) is 16.6 Å². The first-order chi connectivity index (χ1) is 9.58. The number of aromatic nitrogens is 1. The van der Waals surface area contributed by atoms with Crippen LogP contribution < -0.4 is 0 Å². The molecule has 0 atom stereocenters. The van der Waals surface area contributed by atoms with Gasteiger partial charge in [0.1, 0.15) is 0 Å². The highest BCUT2D eigenvalue weighted by molar-refractivity contribution is 9.10. The first-order valence-corrected chi connectivity index (χ1v) is 7.56. The second-order valence-corrected chi connectivity index (χ2v) is 6.18. The minimum Gasteiger partial charge on any atom is -0.247 e. The van der Waals surface area contributed by atoms with E-state index in [1.54, 1.807) is 0 Å². The van der Waals surface area contributed by atoms with Crippen LogP contribution in [-0.2, 0) is 0 Å². The summed E-state index contributed by atoms with van der Waals surface area (Å²) in [6.45, 7) is 4.08. The smallest absolute Gasteiger partial charge is 0.0754 e. The molecular formula is C17H13BrClN. The van der Waals surface area contributed by atoms with Crippen LogP contribution in [0.1, 0.15) is 11.1 Å². The highest BCUT2D eigenvalue weighted by atomic mass is 79.9. The van der Waals surface area contributed by atoms with Gasteiger partial charge in [-0.3, -0.25) is 0 Å². The van der Waals surface area contributed by atoms with Gasteiger partial charge in [-0.05, 0) is 37.1 Å². The quantitative estimate of drug-likeness (QED) is 0.532. The standard InChI is InChI=1S/C17H13BrClN/c1-10-8-13(18)9-14-15(19)11(2)17(20-16(10)14)12-6-4-3-5-7-12/h3-9H,1-2H3. The molecule has 100 valence electrons. The third kappa shape index (κ3) is 2.23. The van der Waals surface area contributed by atoms with Gasteiger partial charge in [0, 0.05) is 15.4 Å². The molecule has 0 aliphatic heterocycles. The Morgan fingerprint density at radius 2 is 1.75 bits per heavy atom. The molecule has 2 aromatic carbocycles. The second-order valence-electron chi connectivity index (χ2n) is 4.88. The van der Waals surface area contributed by atoms with E-state index in [2.05, 4.69) is 41.1 Å². The zero-order valence-electron chi connectivity index (χ0n) is 11.2. The first-order valence-electron chi connectivity index (χ1n) is 6.39. The Hall–Kier alpha value is -1.38. The summed E-state index contributed by atoms with van der Waals surface area (Å²) in [7, 11) is 0. The summed E-state index contributed by atoms with van der Waals surface area (Å²) in [6, 6.07) is 14.3. The van der Waals surface area contributed by atoms with Gasteiger partial charge >= 0.3 is 0 Å². The van der Waals surface area contributed by atoms with Crippen molar-refractivity contribution in [2.75, 3.05) is 0 Å². The van der Waals surface area contributed by atoms with Gasteiger partial charge in [-0.25, -0.2) is 4.98 Å². The van der Waals surface area contributed by atoms with E-state index in [-0.39, 0.29) is 0 Å². The van der Waals surface area contributed by atoms with Crippen LogP contribution in [0.15, 0.2) is 46.9 Å². The molecule has 0 N–H and O–H groups in total. The van der Waals surface area contributed by atoms with Crippen molar-refractivity contribution in [2.24, 2.45) is 0 Å². The predicted molar refractivity (Wildman–Crippen MR) is 89.4 cm³/mol. The van der Waals surface area contributed by atoms with Crippen molar-refractivity contribution in [1.82, 2.24) is 4.98 Å². The van der Waals surface area contributed by atoms with Crippen LogP contribution in [0.2, 0.25) is 5.02 Å². The molecule has 0 aliphatic carbocycles. The van der Waals surface area contributed by atoms with Gasteiger partial charge in [0.05, 0.1) is 16.2 Å². The van der Waals surface area contributed by atoms with Crippen LogP contribution >= 0.6 is 27.5 Å². The molecular weight excluding hydrogens is 334 g/mol. The number of fused-ring (bicyclic) bond motifs is 1. The Bertz CT molecular complexity index is 797. The van der Waals surface area contributed by atoms with Gasteiger partial charge in [-0.15, -0.1) is 0 Å². The lowest BCUT2D eigenvalue weighted by Crippen LogP contribution is -1.94. The van der Waals surface area contributed by atoms with Crippen molar-refractivity contribution in [3.63, 3.8) is 0 Å². The van der Waals surface area contributed by atoms with Crippen molar-refractivity contribution in [3.8, 4) is 11.3 Å². The van der Waals surface area contributed by atoms with E-state index in [0.717, 1.165) is 42.8 Å². The Kier molecular flexibility index (Phi) is 3.53. The fourth-order valence-electron chi connectivity index (χ4n) is 2.43. The molecule has 0 unspecified atom stereocenters. The number of nitrogens with zero attached hydrogens (tertiary/aromatic N) is 1. The number of benzene rings is 2. The third-order valence-corrected chi connectivity index (χ3v) is 4.40. The maximum atomic E-state index is 6.56. The van der Waals surface area contributed by atoms with E-state index in [9.17, 15) is 0 Å². The van der Waals surface area contributed by atoms with E-state index in [1.165, 1.54) is 0 Å². The third-order valence-electron chi connectivity index (χ3n) is 3.46. The van der Waals surface area contributed by atoms with E-state index in [0.29, 0.717) is 0 Å². The molecule has 0 bridgehead atoms. The number of halogens is 2. The molecule has 0 spiro atoms. The van der Waals surface area contributed by atoms with Crippen molar-refractivity contribution in [1.29, 1.82) is 0 Å². The fourth-order valence-corrected chi connectivity index (χ4v) is 3.24. The number of hydrogen-bond donors (Lipinski definition) is 0. The van der Waals surface area contributed by atoms with Gasteiger partial charge in [0.15, 0.2) is 0 Å². The van der Waals surface area contributed by atoms with E-state index < -0.39 is 0 Å². The molecule has 0 saturated heterocycles. The molecule has 3 aromatic rings. The first kappa shape index (κ1) is 13.6. The van der Waals surface area contributed by atoms with Crippen LogP contribution in [0.4, 0.5) is 0 Å². The zero-order valence-corrected chi connectivity index (χ0v) is 13.6. The van der Waals surface area contributed by atoms with Crippen molar-refractivity contribution in [2.45, 2.75) is 13.8 Å². The summed E-state index contributed by atoms with van der Waals surface area (Å²) in [5.74, 6) is 0. The van der Waals surface area contributed by atoms with Crippen LogP contribution in [0.3, 0.4) is 0 Å². The summed E-state index contributed by atoms with van der Waals surface area (Å²) in [6.07, 6.45) is 0. The molecule has 0 fully saturated rings. The van der Waals surface area contributed by atoms with Crippen LogP contribution in [0.25, 0.3) is 22.2 Å². The molecule has 3 rings (SSSR count). The zero-order chi connectivity index (χ0) is 14.3. The van der Waals surface area contributed by atoms with Gasteiger partial charge < -0.3 is 0 Å². The summed E-state index contributed by atoms with van der Waals surface area (Å²) in [4.78, 5) is 4.84. The van der Waals surface area contributed by atoms with Gasteiger partial charge in [-0.2, -0.15) is 0 Å². The molecule has 1 aromatic heterocycles. The summed E-state index contributed by atoms with van der Waals surface area (Å²) >= 11 is 10.1. The minimum absolute atomic E-state index is 0.776. The number of rotatable bonds is 1. The van der Waals surface area contributed by atoms with E-state index >= 15 is 0 Å². The monoisotopic (exact) mass is 345 g/mol. The average molecular weight is 347 g/mol. The Labute approximate surface area is 131 Å². The molecule has 3 heteroatoms. The van der Waals surface area contributed by atoms with Crippen LogP contribution in [-0.4, -0.2) is 4.98 Å². The normalized spacial score (nSPS) is 11.0. The van der Waals surface area contributed by atoms with Crippen LogP contribution in [0, 0.1) is 13.8 Å². The average Bonchev–Trinajstić information content (AvgIpc) is 2.44. The molecule has 0 aliphatic rings. The van der Waals surface area contributed by atoms with E-state index in [1.807, 2.05) is 31.2 Å². The van der Waals surface area contributed by atoms with Crippen molar-refractivity contribution < 1.29 is 0 Å². The molecule has 0 saturated carbocycles. The number of hydrogen-bond acceptors (Lipinski definition) is 1. The Balaban J connectivity index is 2.39. The molecule has 0 radical (unpaired) electrons. The maximum absolute atomic E-state index is 6.56. The molecule has 20 heavy (non-hydrogen) atoms. The highest BCUT2D eigenvalue weighted by Gasteiger charge is 2.13. The summed E-state index contributed by atoms with van der Waals surface area (Å²) in [5.41, 5.74) is 5.14. The molecule has 1 nitrogen and oxygen atoms in total. The minimum atomic E-state index is 0.776. The predicted octanol–water partition coefficient (Wildman–Crippen LogP) is 5.93. The van der Waals surface area contributed by atoms with Crippen LogP contribution in [0.5, 0.6) is 0 Å². The lowest BCUT2D eigenvalue weighted by Gasteiger charge is -2.12. The lowest BCUT2D eigenvalue weighted by atomic mass is 10.0. The maximum Gasteiger partial charge on any atom is 0.0754 e. The van der Waals surface area contributed by atoms with Gasteiger partial charge in [0.2, 0.25) is 0 Å². The van der Waals surface area contributed by atoms with Crippen molar-refractivity contribution in [3.05, 3.63) is 63.1 Å². The molecule has 1 heterocycles. The van der Waals surface area contributed by atoms with Gasteiger partial charge in [0.25, 0.3) is 0 Å². The SMILES string of the molecule is Cc1c(-c2ccccc2)nc2c(C)cc(Br)cc2c1Cl. The number of pyridine rings is 1. The van der Waals surface area contributed by atoms with Crippen molar-refractivity contribution >= 4 is 38.4 Å². The number of aryl methyl sites for hydroxylation is 1. The Morgan fingerprint density at radius 3 is 2.45 bits per heavy atom. The van der Waals surface area contributed by atoms with Gasteiger partial charge in [-0.1, -0.05) is 57.9 Å². The fraction of sp³-hybridized carbons (Fsp3) is 0.118. The summed E-state index contributed by atoms with van der Waals surface area (Å²) < 4.78 is 1.03. The highest BCUT2D eigenvalue weighted by Crippen LogP contribution is 2.35. The summed E-state index contributed by atoms with van der Waals surface area (Å²) in [5, 5.41) is 1.77. The Morgan fingerprint density at radius 1 is 1.05 bits per heavy atom. The second kappa shape index (κ2) is 5.19. The largest absolute Gasteiger partial charge is 0.247 e. The molecule has 0 amide bonds. The topological polar surface area (TPSA) is 12.9 Å². The lowest BCUT2D eigenvalue weighted by molar-refractivity contribution is 1.30.